The number of rotatable bonds is 16. The van der Waals surface area contributed by atoms with Crippen molar-refractivity contribution >= 4 is 40.6 Å². The van der Waals surface area contributed by atoms with E-state index in [1.54, 1.807) is 16.9 Å². The number of pyridine rings is 1. The fourth-order valence-electron chi connectivity index (χ4n) is 8.66. The van der Waals surface area contributed by atoms with E-state index in [1.165, 1.54) is 11.3 Å². The Morgan fingerprint density at radius 2 is 1.78 bits per heavy atom. The standard InChI is InChI=1S/C43H60N8O8/c1-9-27-22-43(27,40(54)55)47-38(52)33-20-30(23-50(33)39(53)37(42(4,5)6)46-41(56)59-29-17-25-16-26(25)18-29)58-34-21-36(51-13-12-35(48-51)44-24(2)3)45-32-19-28(10-11-31(32)34)57-15-14-49(7)8/h10-13,19,21,24-27,29-30,33,37H,9,14-18,20,22-23H2,1-8H3,(H,44,48)(H,46,56)(H,47,52)(H,54,55)/t25-,26?,27-,29?,30-,33+,37-,43-/m1/s1. The average molecular weight is 817 g/mol. The predicted molar refractivity (Wildman–Crippen MR) is 221 cm³/mol. The molecule has 3 heterocycles. The van der Waals surface area contributed by atoms with Crippen LogP contribution in [0.2, 0.25) is 0 Å². The number of fused-ring (bicyclic) bond motifs is 2. The van der Waals surface area contributed by atoms with Gasteiger partial charge in [0, 0.05) is 48.8 Å². The van der Waals surface area contributed by atoms with Crippen LogP contribution in [-0.4, -0.2) is 123 Å². The van der Waals surface area contributed by atoms with Gasteiger partial charge in [0.15, 0.2) is 5.82 Å². The number of likely N-dealkylation sites (tertiary alicyclic amines) is 1. The van der Waals surface area contributed by atoms with Crippen molar-refractivity contribution in [3.05, 3.63) is 36.5 Å². The maximum Gasteiger partial charge on any atom is 0.408 e. The van der Waals surface area contributed by atoms with Gasteiger partial charge in [0.2, 0.25) is 11.8 Å². The highest BCUT2D eigenvalue weighted by Crippen LogP contribution is 2.52. The summed E-state index contributed by atoms with van der Waals surface area (Å²) in [6, 6.07) is 7.24. The summed E-state index contributed by atoms with van der Waals surface area (Å²) in [6.07, 6.45) is 4.05. The van der Waals surface area contributed by atoms with Crippen molar-refractivity contribution in [3.8, 4) is 17.3 Å². The number of benzene rings is 1. The molecule has 2 unspecified atom stereocenters. The van der Waals surface area contributed by atoms with Crippen molar-refractivity contribution in [2.24, 2.45) is 23.2 Å². The lowest BCUT2D eigenvalue weighted by Crippen LogP contribution is -2.59. The number of amides is 3. The zero-order chi connectivity index (χ0) is 42.4. The molecule has 59 heavy (non-hydrogen) atoms. The third kappa shape index (κ3) is 9.37. The molecule has 16 heteroatoms. The topological polar surface area (TPSA) is 189 Å². The highest BCUT2D eigenvalue weighted by atomic mass is 16.6. The van der Waals surface area contributed by atoms with E-state index >= 15 is 0 Å². The molecule has 1 saturated heterocycles. The van der Waals surface area contributed by atoms with Crippen LogP contribution in [-0.2, 0) is 19.1 Å². The number of nitrogens with zero attached hydrogens (tertiary/aromatic N) is 5. The summed E-state index contributed by atoms with van der Waals surface area (Å²) in [5.74, 6) is 1.07. The number of likely N-dealkylation sites (N-methyl/N-ethyl adjacent to an activating group) is 1. The summed E-state index contributed by atoms with van der Waals surface area (Å²) in [4.78, 5) is 63.1. The lowest BCUT2D eigenvalue weighted by atomic mass is 9.85. The summed E-state index contributed by atoms with van der Waals surface area (Å²) >= 11 is 0. The minimum atomic E-state index is -1.40. The highest BCUT2D eigenvalue weighted by Gasteiger charge is 2.61. The number of anilines is 1. The Morgan fingerprint density at radius 1 is 1.03 bits per heavy atom. The average Bonchev–Trinajstić information content (AvgIpc) is 3.83. The third-order valence-electron chi connectivity index (χ3n) is 12.1. The van der Waals surface area contributed by atoms with Gasteiger partial charge >= 0.3 is 12.1 Å². The Kier molecular flexibility index (Phi) is 11.8. The number of hydrogen-bond donors (Lipinski definition) is 4. The number of hydrogen-bond acceptors (Lipinski definition) is 11. The predicted octanol–water partition coefficient (Wildman–Crippen LogP) is 4.84. The number of alkyl carbamates (subject to hydrolysis) is 1. The van der Waals surface area contributed by atoms with Crippen LogP contribution in [0.1, 0.15) is 80.1 Å². The first-order chi connectivity index (χ1) is 27.9. The highest BCUT2D eigenvalue weighted by molar-refractivity contribution is 5.96. The molecule has 8 atom stereocenters. The minimum Gasteiger partial charge on any atom is -0.492 e. The molecule has 1 aromatic carbocycles. The molecule has 3 aliphatic carbocycles. The maximum atomic E-state index is 14.7. The quantitative estimate of drug-likeness (QED) is 0.154. The number of ether oxygens (including phenoxy) is 3. The third-order valence-corrected chi connectivity index (χ3v) is 12.1. The van der Waals surface area contributed by atoms with E-state index in [9.17, 15) is 24.3 Å². The smallest absolute Gasteiger partial charge is 0.408 e. The molecule has 3 saturated carbocycles. The van der Waals surface area contributed by atoms with Crippen LogP contribution >= 0.6 is 0 Å². The van der Waals surface area contributed by atoms with Gasteiger partial charge in [-0.1, -0.05) is 34.1 Å². The second-order valence-corrected chi connectivity index (χ2v) is 18.5. The zero-order valence-electron chi connectivity index (χ0n) is 35.5. The molecule has 0 spiro atoms. The van der Waals surface area contributed by atoms with E-state index in [4.69, 9.17) is 19.2 Å². The molecule has 0 radical (unpaired) electrons. The number of carbonyl (C=O) groups excluding carboxylic acids is 3. The Bertz CT molecular complexity index is 2050. The lowest BCUT2D eigenvalue weighted by molar-refractivity contribution is -0.146. The fourth-order valence-corrected chi connectivity index (χ4v) is 8.66. The number of carbonyl (C=O) groups is 4. The number of aromatic nitrogens is 3. The normalized spacial score (nSPS) is 26.4. The van der Waals surface area contributed by atoms with Crippen molar-refractivity contribution in [2.75, 3.05) is 39.1 Å². The van der Waals surface area contributed by atoms with E-state index in [1.807, 2.05) is 84.8 Å². The monoisotopic (exact) mass is 816 g/mol. The van der Waals surface area contributed by atoms with Crippen molar-refractivity contribution in [3.63, 3.8) is 0 Å². The number of carboxylic acid groups (broad SMARTS) is 1. The van der Waals surface area contributed by atoms with Gasteiger partial charge < -0.3 is 45.1 Å². The van der Waals surface area contributed by atoms with E-state index in [0.29, 0.717) is 65.3 Å². The summed E-state index contributed by atoms with van der Waals surface area (Å²) in [7, 11) is 3.95. The Labute approximate surface area is 345 Å². The van der Waals surface area contributed by atoms with Crippen LogP contribution in [0.15, 0.2) is 36.5 Å². The molecule has 2 aromatic heterocycles. The lowest BCUT2D eigenvalue weighted by Gasteiger charge is -2.35. The fraction of sp³-hybridized carbons (Fsp3) is 0.628. The largest absolute Gasteiger partial charge is 0.492 e. The van der Waals surface area contributed by atoms with Crippen LogP contribution in [0.25, 0.3) is 16.7 Å². The number of aliphatic carboxylic acids is 1. The van der Waals surface area contributed by atoms with Crippen LogP contribution in [0.3, 0.4) is 0 Å². The Hall–Kier alpha value is -5.12. The van der Waals surface area contributed by atoms with Gasteiger partial charge in [-0.05, 0) is 88.9 Å². The second-order valence-electron chi connectivity index (χ2n) is 18.5. The summed E-state index contributed by atoms with van der Waals surface area (Å²) < 4.78 is 20.2. The first-order valence-electron chi connectivity index (χ1n) is 21.0. The first kappa shape index (κ1) is 42.0. The summed E-state index contributed by atoms with van der Waals surface area (Å²) in [5.41, 5.74) is -1.58. The molecule has 16 nitrogen and oxygen atoms in total. The van der Waals surface area contributed by atoms with Gasteiger partial charge in [-0.3, -0.25) is 9.59 Å². The molecule has 1 aliphatic heterocycles. The molecule has 4 fully saturated rings. The SMILES string of the molecule is CC[C@@H]1C[C@]1(NC(=O)[C@@H]1C[C@@H](Oc2cc(-n3ccc(NC(C)C)n3)nc3cc(OCCN(C)C)ccc23)CN1C(=O)[C@@H](NC(=O)OC1CC2C[C@@H]2C1)C(C)(C)C)C(=O)O. The van der Waals surface area contributed by atoms with Crippen LogP contribution < -0.4 is 25.4 Å². The Morgan fingerprint density at radius 3 is 2.42 bits per heavy atom. The van der Waals surface area contributed by atoms with Gasteiger partial charge in [0.25, 0.3) is 0 Å². The summed E-state index contributed by atoms with van der Waals surface area (Å²) in [5, 5.41) is 24.5. The van der Waals surface area contributed by atoms with E-state index in [0.717, 1.165) is 19.4 Å². The molecule has 4 N–H and O–H groups in total. The number of nitrogens with one attached hydrogen (secondary N) is 3. The van der Waals surface area contributed by atoms with Gasteiger partial charge in [0.05, 0.1) is 12.1 Å². The summed E-state index contributed by atoms with van der Waals surface area (Å²) in [6.45, 7) is 12.7. The van der Waals surface area contributed by atoms with Crippen LogP contribution in [0.5, 0.6) is 11.5 Å². The Balaban J connectivity index is 1.19. The van der Waals surface area contributed by atoms with Crippen LogP contribution in [0, 0.1) is 23.2 Å². The second kappa shape index (κ2) is 16.5. The van der Waals surface area contributed by atoms with E-state index < -0.39 is 53.0 Å². The molecular weight excluding hydrogens is 757 g/mol. The number of carboxylic acids is 1. The van der Waals surface area contributed by atoms with Gasteiger partial charge in [-0.25, -0.2) is 19.3 Å². The van der Waals surface area contributed by atoms with Crippen molar-refractivity contribution in [1.82, 2.24) is 35.2 Å². The van der Waals surface area contributed by atoms with Crippen molar-refractivity contribution < 1.29 is 38.5 Å². The zero-order valence-corrected chi connectivity index (χ0v) is 35.5. The molecule has 4 aliphatic rings. The van der Waals surface area contributed by atoms with Gasteiger partial charge in [-0.2, -0.15) is 0 Å². The molecule has 320 valence electrons. The van der Waals surface area contributed by atoms with E-state index in [-0.39, 0.29) is 31.0 Å². The van der Waals surface area contributed by atoms with Crippen LogP contribution in [0.4, 0.5) is 10.6 Å². The van der Waals surface area contributed by atoms with Crippen molar-refractivity contribution in [2.45, 2.75) is 116 Å². The van der Waals surface area contributed by atoms with Gasteiger partial charge in [0.1, 0.15) is 53.8 Å². The molecular formula is C43H60N8O8. The first-order valence-corrected chi connectivity index (χ1v) is 21.0. The molecule has 0 bridgehead atoms. The molecule has 7 rings (SSSR count). The van der Waals surface area contributed by atoms with E-state index in [2.05, 4.69) is 21.0 Å². The minimum absolute atomic E-state index is 0.00139. The maximum absolute atomic E-state index is 14.7. The van der Waals surface area contributed by atoms with Crippen molar-refractivity contribution in [1.29, 1.82) is 0 Å². The molecule has 3 aromatic rings. The molecule has 3 amide bonds. The van der Waals surface area contributed by atoms with Gasteiger partial charge in [-0.15, -0.1) is 5.10 Å².